The first-order valence-corrected chi connectivity index (χ1v) is 10.2. The Morgan fingerprint density at radius 1 is 1.13 bits per heavy atom. The largest absolute Gasteiger partial charge is 0.309 e. The standard InChI is InChI=1S/C24H19ClN4O/c1-15-13-18-6-2-3-8-20(18)29(15)24-27-22-21(23(30)28-24)17(11-12-26-22)10-9-16-5-4-7-19(25)14-16/h2-12,14-15H,13H2,1H3,(H,26,27,28,30)/b10-9+. The van der Waals surface area contributed by atoms with Crippen molar-refractivity contribution in [3.63, 3.8) is 0 Å². The molecule has 0 fully saturated rings. The van der Waals surface area contributed by atoms with Crippen molar-refractivity contribution >= 4 is 46.4 Å². The Labute approximate surface area is 178 Å². The molecule has 3 heterocycles. The normalized spacial score (nSPS) is 15.8. The number of hydrogen-bond acceptors (Lipinski definition) is 4. The summed E-state index contributed by atoms with van der Waals surface area (Å²) in [6, 6.07) is 17.8. The molecule has 0 amide bonds. The van der Waals surface area contributed by atoms with E-state index in [0.717, 1.165) is 23.2 Å². The van der Waals surface area contributed by atoms with Gasteiger partial charge in [-0.1, -0.05) is 54.1 Å². The topological polar surface area (TPSA) is 61.9 Å². The maximum Gasteiger partial charge on any atom is 0.262 e. The van der Waals surface area contributed by atoms with E-state index < -0.39 is 0 Å². The highest BCUT2D eigenvalue weighted by Crippen LogP contribution is 2.36. The molecule has 0 aliphatic carbocycles. The predicted molar refractivity (Wildman–Crippen MR) is 122 cm³/mol. The third-order valence-electron chi connectivity index (χ3n) is 5.37. The van der Waals surface area contributed by atoms with Crippen LogP contribution in [0.15, 0.2) is 65.6 Å². The Hall–Kier alpha value is -3.44. The Morgan fingerprint density at radius 3 is 2.87 bits per heavy atom. The number of nitrogens with one attached hydrogen (secondary N) is 1. The van der Waals surface area contributed by atoms with Crippen molar-refractivity contribution in [3.8, 4) is 0 Å². The van der Waals surface area contributed by atoms with Crippen LogP contribution in [0.1, 0.15) is 23.6 Å². The number of rotatable bonds is 3. The molecule has 1 unspecified atom stereocenters. The summed E-state index contributed by atoms with van der Waals surface area (Å²) in [5.74, 6) is 0.522. The van der Waals surface area contributed by atoms with Crippen LogP contribution in [0.4, 0.5) is 11.6 Å². The van der Waals surface area contributed by atoms with Crippen LogP contribution in [0.2, 0.25) is 5.02 Å². The second-order valence-corrected chi connectivity index (χ2v) is 7.86. The molecule has 0 saturated carbocycles. The number of fused-ring (bicyclic) bond motifs is 2. The minimum Gasteiger partial charge on any atom is -0.309 e. The Morgan fingerprint density at radius 2 is 2.00 bits per heavy atom. The Kier molecular flexibility index (Phi) is 4.60. The SMILES string of the molecule is CC1Cc2ccccc2N1c1nc2nccc(/C=C/c3cccc(Cl)c3)c2c(=O)[nH]1. The van der Waals surface area contributed by atoms with Crippen LogP contribution in [0.5, 0.6) is 0 Å². The van der Waals surface area contributed by atoms with Gasteiger partial charge < -0.3 is 4.90 Å². The van der Waals surface area contributed by atoms with Crippen LogP contribution in [0.3, 0.4) is 0 Å². The summed E-state index contributed by atoms with van der Waals surface area (Å²) < 4.78 is 0. The second kappa shape index (κ2) is 7.43. The van der Waals surface area contributed by atoms with E-state index in [0.29, 0.717) is 22.0 Å². The molecule has 1 aliphatic heterocycles. The number of hydrogen-bond donors (Lipinski definition) is 1. The van der Waals surface area contributed by atoms with Gasteiger partial charge in [-0.05, 0) is 54.3 Å². The van der Waals surface area contributed by atoms with Crippen molar-refractivity contribution in [3.05, 3.63) is 92.9 Å². The highest BCUT2D eigenvalue weighted by atomic mass is 35.5. The Balaban J connectivity index is 1.59. The summed E-state index contributed by atoms with van der Waals surface area (Å²) in [6.07, 6.45) is 6.40. The van der Waals surface area contributed by atoms with Crippen LogP contribution < -0.4 is 10.5 Å². The summed E-state index contributed by atoms with van der Waals surface area (Å²) in [4.78, 5) is 27.2. The van der Waals surface area contributed by atoms with Crippen molar-refractivity contribution in [1.29, 1.82) is 0 Å². The molecule has 0 radical (unpaired) electrons. The van der Waals surface area contributed by atoms with Crippen LogP contribution >= 0.6 is 11.6 Å². The minimum absolute atomic E-state index is 0.203. The summed E-state index contributed by atoms with van der Waals surface area (Å²) in [7, 11) is 0. The minimum atomic E-state index is -0.203. The number of para-hydroxylation sites is 1. The molecule has 1 atom stereocenters. The molecule has 4 aromatic rings. The molecule has 0 saturated heterocycles. The number of aromatic nitrogens is 3. The number of anilines is 2. The lowest BCUT2D eigenvalue weighted by Gasteiger charge is -2.23. The highest BCUT2D eigenvalue weighted by molar-refractivity contribution is 6.30. The third-order valence-corrected chi connectivity index (χ3v) is 5.60. The first-order valence-electron chi connectivity index (χ1n) is 9.80. The molecule has 1 N–H and O–H groups in total. The van der Waals surface area contributed by atoms with E-state index in [1.165, 1.54) is 5.56 Å². The number of benzene rings is 2. The quantitative estimate of drug-likeness (QED) is 0.499. The molecule has 30 heavy (non-hydrogen) atoms. The molecule has 0 bridgehead atoms. The predicted octanol–water partition coefficient (Wildman–Crippen LogP) is 5.22. The fraction of sp³-hybridized carbons (Fsp3) is 0.125. The van der Waals surface area contributed by atoms with E-state index in [1.807, 2.05) is 54.6 Å². The van der Waals surface area contributed by atoms with E-state index in [9.17, 15) is 4.79 Å². The highest BCUT2D eigenvalue weighted by Gasteiger charge is 2.28. The van der Waals surface area contributed by atoms with E-state index >= 15 is 0 Å². The zero-order chi connectivity index (χ0) is 20.7. The zero-order valence-electron chi connectivity index (χ0n) is 16.3. The lowest BCUT2D eigenvalue weighted by Crippen LogP contribution is -2.28. The van der Waals surface area contributed by atoms with Gasteiger partial charge in [0.15, 0.2) is 5.65 Å². The molecule has 6 heteroatoms. The maximum absolute atomic E-state index is 13.0. The van der Waals surface area contributed by atoms with Gasteiger partial charge in [0.1, 0.15) is 0 Å². The van der Waals surface area contributed by atoms with Gasteiger partial charge >= 0.3 is 0 Å². The number of halogens is 1. The van der Waals surface area contributed by atoms with Crippen molar-refractivity contribution in [2.75, 3.05) is 4.90 Å². The monoisotopic (exact) mass is 414 g/mol. The third kappa shape index (κ3) is 3.27. The van der Waals surface area contributed by atoms with Crippen molar-refractivity contribution in [1.82, 2.24) is 15.0 Å². The van der Waals surface area contributed by atoms with Gasteiger partial charge in [0.25, 0.3) is 5.56 Å². The second-order valence-electron chi connectivity index (χ2n) is 7.43. The summed E-state index contributed by atoms with van der Waals surface area (Å²) in [6.45, 7) is 2.13. The fourth-order valence-electron chi connectivity index (χ4n) is 4.01. The molecular weight excluding hydrogens is 396 g/mol. The van der Waals surface area contributed by atoms with Crippen molar-refractivity contribution < 1.29 is 0 Å². The Bertz CT molecular complexity index is 1340. The van der Waals surface area contributed by atoms with E-state index in [1.54, 1.807) is 6.20 Å². The van der Waals surface area contributed by atoms with Crippen LogP contribution in [-0.4, -0.2) is 21.0 Å². The fourth-order valence-corrected chi connectivity index (χ4v) is 4.21. The van der Waals surface area contributed by atoms with Gasteiger partial charge in [-0.2, -0.15) is 4.98 Å². The van der Waals surface area contributed by atoms with Crippen molar-refractivity contribution in [2.24, 2.45) is 0 Å². The number of H-pyrrole nitrogens is 1. The number of nitrogens with zero attached hydrogens (tertiary/aromatic N) is 3. The maximum atomic E-state index is 13.0. The van der Waals surface area contributed by atoms with Gasteiger partial charge in [-0.15, -0.1) is 0 Å². The molecular formula is C24H19ClN4O. The van der Waals surface area contributed by atoms with Gasteiger partial charge in [-0.25, -0.2) is 4.98 Å². The molecule has 2 aromatic heterocycles. The lowest BCUT2D eigenvalue weighted by molar-refractivity contribution is 0.740. The number of aromatic amines is 1. The molecule has 5 rings (SSSR count). The molecule has 0 spiro atoms. The van der Waals surface area contributed by atoms with Gasteiger partial charge in [0.2, 0.25) is 5.95 Å². The first-order chi connectivity index (χ1) is 14.6. The summed E-state index contributed by atoms with van der Waals surface area (Å²) in [5.41, 5.74) is 4.26. The molecule has 2 aromatic carbocycles. The summed E-state index contributed by atoms with van der Waals surface area (Å²) >= 11 is 6.06. The smallest absolute Gasteiger partial charge is 0.262 e. The molecule has 5 nitrogen and oxygen atoms in total. The van der Waals surface area contributed by atoms with E-state index in [-0.39, 0.29) is 11.6 Å². The summed E-state index contributed by atoms with van der Waals surface area (Å²) in [5, 5.41) is 1.14. The van der Waals surface area contributed by atoms with Crippen LogP contribution in [-0.2, 0) is 6.42 Å². The van der Waals surface area contributed by atoms with Crippen molar-refractivity contribution in [2.45, 2.75) is 19.4 Å². The van der Waals surface area contributed by atoms with Gasteiger partial charge in [0, 0.05) is 22.9 Å². The first kappa shape index (κ1) is 18.6. The van der Waals surface area contributed by atoms with E-state index in [2.05, 4.69) is 33.9 Å². The average Bonchev–Trinajstić information content (AvgIpc) is 3.07. The zero-order valence-corrected chi connectivity index (χ0v) is 17.1. The van der Waals surface area contributed by atoms with Gasteiger partial charge in [0.05, 0.1) is 5.39 Å². The van der Waals surface area contributed by atoms with Crippen LogP contribution in [0, 0.1) is 0 Å². The number of pyridine rings is 1. The molecule has 148 valence electrons. The van der Waals surface area contributed by atoms with Crippen LogP contribution in [0.25, 0.3) is 23.2 Å². The van der Waals surface area contributed by atoms with E-state index in [4.69, 9.17) is 16.6 Å². The molecule has 1 aliphatic rings. The van der Waals surface area contributed by atoms with Gasteiger partial charge in [-0.3, -0.25) is 9.78 Å². The average molecular weight is 415 g/mol. The lowest BCUT2D eigenvalue weighted by atomic mass is 10.1.